The molecule has 2 saturated heterocycles. The average molecular weight is 286 g/mol. The maximum atomic E-state index is 12.8. The van der Waals surface area contributed by atoms with Crippen molar-refractivity contribution in [2.45, 2.75) is 63.6 Å². The predicted molar refractivity (Wildman–Crippen MR) is 85.1 cm³/mol. The van der Waals surface area contributed by atoms with Crippen LogP contribution in [0, 0.1) is 5.92 Å². The number of carbonyl (C=O) groups excluding carboxylic acids is 1. The van der Waals surface area contributed by atoms with Crippen molar-refractivity contribution in [3.63, 3.8) is 0 Å². The average Bonchev–Trinajstić information content (AvgIpc) is 2.79. The summed E-state index contributed by atoms with van der Waals surface area (Å²) in [4.78, 5) is 12.8. The minimum Gasteiger partial charge on any atom is -0.353 e. The van der Waals surface area contributed by atoms with Crippen LogP contribution in [0.15, 0.2) is 30.3 Å². The van der Waals surface area contributed by atoms with Gasteiger partial charge in [0.05, 0.1) is 5.92 Å². The molecular formula is C18H26N2O. The Kier molecular flexibility index (Phi) is 4.29. The fraction of sp³-hybridized carbons (Fsp3) is 0.611. The van der Waals surface area contributed by atoms with Gasteiger partial charge in [0.25, 0.3) is 0 Å². The molecule has 2 heterocycles. The first-order chi connectivity index (χ1) is 10.1. The molecule has 0 aliphatic carbocycles. The third-order valence-electron chi connectivity index (χ3n) is 4.93. The molecule has 0 spiro atoms. The van der Waals surface area contributed by atoms with Crippen LogP contribution in [0.3, 0.4) is 0 Å². The van der Waals surface area contributed by atoms with E-state index in [1.807, 2.05) is 18.2 Å². The summed E-state index contributed by atoms with van der Waals surface area (Å²) < 4.78 is 0. The van der Waals surface area contributed by atoms with Gasteiger partial charge in [-0.1, -0.05) is 44.2 Å². The molecule has 3 atom stereocenters. The molecule has 2 aliphatic rings. The molecule has 1 aromatic carbocycles. The van der Waals surface area contributed by atoms with Gasteiger partial charge in [-0.3, -0.25) is 4.79 Å². The van der Waals surface area contributed by atoms with Crippen molar-refractivity contribution in [2.24, 2.45) is 5.92 Å². The molecule has 3 rings (SSSR count). The van der Waals surface area contributed by atoms with Gasteiger partial charge in [0, 0.05) is 18.1 Å². The lowest BCUT2D eigenvalue weighted by atomic mass is 9.87. The second-order valence-electron chi connectivity index (χ2n) is 6.95. The third kappa shape index (κ3) is 3.29. The number of benzene rings is 1. The van der Waals surface area contributed by atoms with Gasteiger partial charge in [-0.2, -0.15) is 0 Å². The van der Waals surface area contributed by atoms with E-state index in [4.69, 9.17) is 0 Å². The summed E-state index contributed by atoms with van der Waals surface area (Å²) in [5.74, 6) is 0.465. The summed E-state index contributed by atoms with van der Waals surface area (Å²) in [6.07, 6.45) is 4.70. The molecule has 1 aromatic rings. The smallest absolute Gasteiger partial charge is 0.228 e. The number of hydrogen-bond donors (Lipinski definition) is 2. The fourth-order valence-corrected chi connectivity index (χ4v) is 3.97. The Balaban J connectivity index is 1.67. The monoisotopic (exact) mass is 286 g/mol. The zero-order chi connectivity index (χ0) is 14.8. The summed E-state index contributed by atoms with van der Waals surface area (Å²) in [5, 5.41) is 6.95. The van der Waals surface area contributed by atoms with E-state index < -0.39 is 0 Å². The molecule has 21 heavy (non-hydrogen) atoms. The van der Waals surface area contributed by atoms with Gasteiger partial charge in [0.2, 0.25) is 5.91 Å². The maximum absolute atomic E-state index is 12.8. The molecule has 3 unspecified atom stereocenters. The van der Waals surface area contributed by atoms with Crippen molar-refractivity contribution in [3.8, 4) is 0 Å². The highest BCUT2D eigenvalue weighted by atomic mass is 16.2. The highest BCUT2D eigenvalue weighted by Gasteiger charge is 2.35. The molecule has 2 aliphatic heterocycles. The highest BCUT2D eigenvalue weighted by molar-refractivity contribution is 5.84. The topological polar surface area (TPSA) is 41.1 Å². The van der Waals surface area contributed by atoms with Gasteiger partial charge in [-0.25, -0.2) is 0 Å². The Bertz CT molecular complexity index is 473. The van der Waals surface area contributed by atoms with Gasteiger partial charge in [0.15, 0.2) is 0 Å². The summed E-state index contributed by atoms with van der Waals surface area (Å²) in [6, 6.07) is 11.7. The quantitative estimate of drug-likeness (QED) is 0.893. The highest BCUT2D eigenvalue weighted by Crippen LogP contribution is 2.29. The second kappa shape index (κ2) is 6.18. The summed E-state index contributed by atoms with van der Waals surface area (Å²) >= 11 is 0. The molecule has 1 amide bonds. The van der Waals surface area contributed by atoms with Crippen molar-refractivity contribution < 1.29 is 4.79 Å². The van der Waals surface area contributed by atoms with E-state index in [9.17, 15) is 4.79 Å². The van der Waals surface area contributed by atoms with E-state index in [0.29, 0.717) is 24.0 Å². The van der Waals surface area contributed by atoms with Crippen molar-refractivity contribution in [1.29, 1.82) is 0 Å². The van der Waals surface area contributed by atoms with Gasteiger partial charge in [-0.05, 0) is 37.2 Å². The van der Waals surface area contributed by atoms with Crippen molar-refractivity contribution in [2.75, 3.05) is 0 Å². The number of nitrogens with one attached hydrogen (secondary N) is 2. The normalized spacial score (nSPS) is 29.4. The largest absolute Gasteiger partial charge is 0.353 e. The van der Waals surface area contributed by atoms with Crippen LogP contribution in [-0.2, 0) is 4.79 Å². The van der Waals surface area contributed by atoms with E-state index in [0.717, 1.165) is 18.4 Å². The Labute approximate surface area is 127 Å². The van der Waals surface area contributed by atoms with E-state index >= 15 is 0 Å². The molecule has 2 fully saturated rings. The lowest BCUT2D eigenvalue weighted by Gasteiger charge is -2.31. The molecule has 114 valence electrons. The zero-order valence-electron chi connectivity index (χ0n) is 13.0. The molecule has 3 heteroatoms. The van der Waals surface area contributed by atoms with Crippen LogP contribution in [0.5, 0.6) is 0 Å². The van der Waals surface area contributed by atoms with Crippen molar-refractivity contribution in [1.82, 2.24) is 10.6 Å². The van der Waals surface area contributed by atoms with Crippen LogP contribution >= 0.6 is 0 Å². The van der Waals surface area contributed by atoms with Gasteiger partial charge in [-0.15, -0.1) is 0 Å². The van der Waals surface area contributed by atoms with Crippen LogP contribution in [0.4, 0.5) is 0 Å². The number of amides is 1. The standard InChI is InChI=1S/C18H26N2O/c1-12(2)17(13-6-4-3-5-7-13)18(21)20-16-10-14-8-9-15(11-16)19-14/h3-7,12,14-17,19H,8-11H2,1-2H3,(H,20,21). The first kappa shape index (κ1) is 14.6. The number of carbonyl (C=O) groups is 1. The van der Waals surface area contributed by atoms with Gasteiger partial charge in [0.1, 0.15) is 0 Å². The first-order valence-electron chi connectivity index (χ1n) is 8.25. The number of hydrogen-bond acceptors (Lipinski definition) is 2. The van der Waals surface area contributed by atoms with E-state index in [-0.39, 0.29) is 11.8 Å². The van der Waals surface area contributed by atoms with Crippen molar-refractivity contribution >= 4 is 5.91 Å². The fourth-order valence-electron chi connectivity index (χ4n) is 3.97. The molecule has 2 bridgehead atoms. The lowest BCUT2D eigenvalue weighted by Crippen LogP contribution is -2.49. The Morgan fingerprint density at radius 3 is 2.33 bits per heavy atom. The summed E-state index contributed by atoms with van der Waals surface area (Å²) in [7, 11) is 0. The van der Waals surface area contributed by atoms with E-state index in [1.54, 1.807) is 0 Å². The van der Waals surface area contributed by atoms with Crippen molar-refractivity contribution in [3.05, 3.63) is 35.9 Å². The van der Waals surface area contributed by atoms with Gasteiger partial charge >= 0.3 is 0 Å². The molecule has 3 nitrogen and oxygen atoms in total. The Morgan fingerprint density at radius 1 is 1.14 bits per heavy atom. The SMILES string of the molecule is CC(C)C(C(=O)NC1CC2CCC(C1)N2)c1ccccc1. The van der Waals surface area contributed by atoms with E-state index in [1.165, 1.54) is 12.8 Å². The Hall–Kier alpha value is -1.35. The Morgan fingerprint density at radius 2 is 1.76 bits per heavy atom. The molecule has 2 N–H and O–H groups in total. The molecular weight excluding hydrogens is 260 g/mol. The number of rotatable bonds is 4. The number of fused-ring (bicyclic) bond motifs is 2. The zero-order valence-corrected chi connectivity index (χ0v) is 13.0. The molecule has 0 aromatic heterocycles. The predicted octanol–water partition coefficient (Wildman–Crippen LogP) is 2.83. The minimum atomic E-state index is -0.0428. The third-order valence-corrected chi connectivity index (χ3v) is 4.93. The molecule has 0 radical (unpaired) electrons. The summed E-state index contributed by atoms with van der Waals surface area (Å²) in [6.45, 7) is 4.26. The van der Waals surface area contributed by atoms with Crippen LogP contribution in [0.2, 0.25) is 0 Å². The lowest BCUT2D eigenvalue weighted by molar-refractivity contribution is -0.124. The minimum absolute atomic E-state index is 0.0428. The first-order valence-corrected chi connectivity index (χ1v) is 8.25. The van der Waals surface area contributed by atoms with E-state index in [2.05, 4.69) is 36.6 Å². The number of piperidine rings is 1. The molecule has 0 saturated carbocycles. The van der Waals surface area contributed by atoms with Crippen LogP contribution in [-0.4, -0.2) is 24.0 Å². The maximum Gasteiger partial charge on any atom is 0.228 e. The van der Waals surface area contributed by atoms with Gasteiger partial charge < -0.3 is 10.6 Å². The second-order valence-corrected chi connectivity index (χ2v) is 6.95. The van der Waals surface area contributed by atoms with Crippen LogP contribution in [0.1, 0.15) is 51.0 Å². The van der Waals surface area contributed by atoms with Crippen LogP contribution < -0.4 is 10.6 Å². The summed E-state index contributed by atoms with van der Waals surface area (Å²) in [5.41, 5.74) is 1.13. The van der Waals surface area contributed by atoms with Crippen LogP contribution in [0.25, 0.3) is 0 Å².